The lowest BCUT2D eigenvalue weighted by atomic mass is 10.0. The minimum Gasteiger partial charge on any atom is -0.493 e. The number of methoxy groups -OCH3 is 2. The van der Waals surface area contributed by atoms with Gasteiger partial charge in [-0.2, -0.15) is 10.4 Å². The molecule has 9 heteroatoms. The van der Waals surface area contributed by atoms with Gasteiger partial charge in [0.25, 0.3) is 5.91 Å². The van der Waals surface area contributed by atoms with Crippen LogP contribution in [0.2, 0.25) is 0 Å². The van der Waals surface area contributed by atoms with Crippen LogP contribution in [-0.2, 0) is 11.8 Å². The van der Waals surface area contributed by atoms with E-state index in [9.17, 15) is 10.1 Å². The molecule has 190 valence electrons. The molecule has 9 nitrogen and oxygen atoms in total. The normalized spacial score (nSPS) is 12.3. The number of nitrogens with one attached hydrogen (secondary N) is 2. The van der Waals surface area contributed by atoms with E-state index in [2.05, 4.69) is 20.4 Å². The number of carbonyl (C=O) groups is 1. The molecular formula is C29H26N6O3. The fourth-order valence-electron chi connectivity index (χ4n) is 4.54. The number of hydrogen-bond acceptors (Lipinski definition) is 6. The van der Waals surface area contributed by atoms with Crippen molar-refractivity contribution in [1.82, 2.24) is 25.1 Å². The number of para-hydroxylation sites is 1. The molecule has 0 unspecified atom stereocenters. The number of benzene rings is 2. The number of hydrogen-bond donors (Lipinski definition) is 2. The summed E-state index contributed by atoms with van der Waals surface area (Å²) in [5.41, 5.74) is 5.06. The maximum absolute atomic E-state index is 13.0. The lowest BCUT2D eigenvalue weighted by Crippen LogP contribution is -2.27. The first-order valence-electron chi connectivity index (χ1n) is 12.0. The second-order valence-corrected chi connectivity index (χ2v) is 8.86. The average molecular weight is 507 g/mol. The number of nitriles is 1. The van der Waals surface area contributed by atoms with Gasteiger partial charge in [-0.05, 0) is 36.8 Å². The Hall–Kier alpha value is -5.10. The number of fused-ring (bicyclic) bond motifs is 2. The third-order valence-corrected chi connectivity index (χ3v) is 6.56. The van der Waals surface area contributed by atoms with Gasteiger partial charge in [-0.3, -0.25) is 9.48 Å². The van der Waals surface area contributed by atoms with Gasteiger partial charge in [-0.1, -0.05) is 24.3 Å². The van der Waals surface area contributed by atoms with Crippen molar-refractivity contribution in [2.75, 3.05) is 14.2 Å². The van der Waals surface area contributed by atoms with Crippen LogP contribution in [0.25, 0.3) is 39.1 Å². The van der Waals surface area contributed by atoms with Crippen LogP contribution in [0.3, 0.4) is 0 Å². The number of rotatable bonds is 7. The molecule has 5 rings (SSSR count). The summed E-state index contributed by atoms with van der Waals surface area (Å²) in [5.74, 6) is 0.679. The molecule has 3 heterocycles. The molecular weight excluding hydrogens is 480 g/mol. The van der Waals surface area contributed by atoms with Gasteiger partial charge in [-0.15, -0.1) is 0 Å². The van der Waals surface area contributed by atoms with Gasteiger partial charge >= 0.3 is 0 Å². The van der Waals surface area contributed by atoms with Crippen molar-refractivity contribution in [3.05, 3.63) is 77.8 Å². The van der Waals surface area contributed by atoms with Gasteiger partial charge in [0.05, 0.1) is 32.0 Å². The van der Waals surface area contributed by atoms with E-state index in [1.165, 1.54) is 0 Å². The van der Waals surface area contributed by atoms with Gasteiger partial charge in [-0.25, -0.2) is 4.98 Å². The van der Waals surface area contributed by atoms with E-state index in [1.807, 2.05) is 61.3 Å². The van der Waals surface area contributed by atoms with Crippen molar-refractivity contribution in [2.24, 2.45) is 7.05 Å². The number of nitrogens with zero attached hydrogens (tertiary/aromatic N) is 4. The molecule has 0 radical (unpaired) electrons. The number of aryl methyl sites for hydroxylation is 1. The van der Waals surface area contributed by atoms with E-state index in [0.717, 1.165) is 33.0 Å². The standard InChI is InChI=1S/C29H26N6O3/c1-17(18-8-9-25(37-3)26(12-18)38-4)34-29(36)20(13-30)10-21-14-31-28-24(21)11-22(15-32-28)23-7-5-6-19-16-33-35(2)27(19)23/h5-12,14-17H,1-4H3,(H,31,32)(H,34,36)/b20-10+/t17-/m1/s1. The Kier molecular flexibility index (Phi) is 6.54. The van der Waals surface area contributed by atoms with Crippen LogP contribution in [0.15, 0.2) is 66.6 Å². The largest absolute Gasteiger partial charge is 0.493 e. The molecule has 1 atom stereocenters. The Labute approximate surface area is 219 Å². The van der Waals surface area contributed by atoms with Gasteiger partial charge in [0.1, 0.15) is 17.3 Å². The summed E-state index contributed by atoms with van der Waals surface area (Å²) in [4.78, 5) is 20.8. The summed E-state index contributed by atoms with van der Waals surface area (Å²) in [6, 6.07) is 15.1. The van der Waals surface area contributed by atoms with Gasteiger partial charge < -0.3 is 19.8 Å². The Morgan fingerprint density at radius 2 is 1.97 bits per heavy atom. The third kappa shape index (κ3) is 4.44. The first-order chi connectivity index (χ1) is 18.4. The molecule has 0 aliphatic rings. The smallest absolute Gasteiger partial charge is 0.262 e. The highest BCUT2D eigenvalue weighted by atomic mass is 16.5. The fourth-order valence-corrected chi connectivity index (χ4v) is 4.54. The van der Waals surface area contributed by atoms with Gasteiger partial charge in [0.2, 0.25) is 0 Å². The van der Waals surface area contributed by atoms with Gasteiger partial charge in [0, 0.05) is 46.9 Å². The molecule has 2 N–H and O–H groups in total. The van der Waals surface area contributed by atoms with E-state index in [4.69, 9.17) is 9.47 Å². The van der Waals surface area contributed by atoms with Crippen molar-refractivity contribution < 1.29 is 14.3 Å². The van der Waals surface area contributed by atoms with Crippen LogP contribution in [0.1, 0.15) is 24.1 Å². The quantitative estimate of drug-likeness (QED) is 0.239. The van der Waals surface area contributed by atoms with E-state index in [1.54, 1.807) is 44.8 Å². The van der Waals surface area contributed by atoms with Crippen molar-refractivity contribution in [3.8, 4) is 28.7 Å². The number of pyridine rings is 1. The second kappa shape index (κ2) is 10.1. The van der Waals surface area contributed by atoms with Crippen LogP contribution in [0.4, 0.5) is 0 Å². The molecule has 0 fully saturated rings. The molecule has 3 aromatic heterocycles. The minimum atomic E-state index is -0.479. The molecule has 0 bridgehead atoms. The molecule has 38 heavy (non-hydrogen) atoms. The number of carbonyl (C=O) groups excluding carboxylic acids is 1. The number of H-pyrrole nitrogens is 1. The van der Waals surface area contributed by atoms with E-state index in [0.29, 0.717) is 22.7 Å². The van der Waals surface area contributed by atoms with E-state index >= 15 is 0 Å². The topological polar surface area (TPSA) is 118 Å². The average Bonchev–Trinajstić information content (AvgIpc) is 3.53. The molecule has 0 saturated heterocycles. The SMILES string of the molecule is COc1ccc([C@@H](C)NC(=O)/C(C#N)=C/c2c[nH]c3ncc(-c4cccc5cnn(C)c45)cc23)cc1OC. The molecule has 0 saturated carbocycles. The lowest BCUT2D eigenvalue weighted by Gasteiger charge is -2.16. The summed E-state index contributed by atoms with van der Waals surface area (Å²) < 4.78 is 12.5. The van der Waals surface area contributed by atoms with Crippen LogP contribution in [-0.4, -0.2) is 39.9 Å². The Bertz CT molecular complexity index is 1740. The van der Waals surface area contributed by atoms with Crippen LogP contribution < -0.4 is 14.8 Å². The van der Waals surface area contributed by atoms with E-state index < -0.39 is 5.91 Å². The molecule has 0 aliphatic heterocycles. The lowest BCUT2D eigenvalue weighted by molar-refractivity contribution is -0.117. The Morgan fingerprint density at radius 1 is 1.16 bits per heavy atom. The molecule has 2 aromatic carbocycles. The van der Waals surface area contributed by atoms with Crippen molar-refractivity contribution in [3.63, 3.8) is 0 Å². The number of aromatic nitrogens is 4. The maximum atomic E-state index is 13.0. The van der Waals surface area contributed by atoms with Crippen LogP contribution >= 0.6 is 0 Å². The highest BCUT2D eigenvalue weighted by Gasteiger charge is 2.17. The number of amides is 1. The zero-order chi connectivity index (χ0) is 26.8. The fraction of sp³-hybridized carbons (Fsp3) is 0.172. The minimum absolute atomic E-state index is 0.0163. The number of aromatic amines is 1. The second-order valence-electron chi connectivity index (χ2n) is 8.86. The predicted octanol–water partition coefficient (Wildman–Crippen LogP) is 4.92. The van der Waals surface area contributed by atoms with Crippen molar-refractivity contribution in [2.45, 2.75) is 13.0 Å². The third-order valence-electron chi connectivity index (χ3n) is 6.56. The summed E-state index contributed by atoms with van der Waals surface area (Å²) in [7, 11) is 5.03. The molecule has 5 aromatic rings. The van der Waals surface area contributed by atoms with Crippen molar-refractivity contribution in [1.29, 1.82) is 5.26 Å². The monoisotopic (exact) mass is 506 g/mol. The first-order valence-corrected chi connectivity index (χ1v) is 12.0. The summed E-state index contributed by atoms with van der Waals surface area (Å²) in [5, 5.41) is 18.9. The molecule has 1 amide bonds. The summed E-state index contributed by atoms with van der Waals surface area (Å²) in [6.07, 6.45) is 6.95. The predicted molar refractivity (Wildman–Crippen MR) is 145 cm³/mol. The molecule has 0 aliphatic carbocycles. The maximum Gasteiger partial charge on any atom is 0.262 e. The molecule has 0 spiro atoms. The van der Waals surface area contributed by atoms with Crippen LogP contribution in [0, 0.1) is 11.3 Å². The zero-order valence-electron chi connectivity index (χ0n) is 21.4. The highest BCUT2D eigenvalue weighted by Crippen LogP contribution is 2.32. The Morgan fingerprint density at radius 3 is 2.74 bits per heavy atom. The number of ether oxygens (including phenoxy) is 2. The zero-order valence-corrected chi connectivity index (χ0v) is 21.4. The summed E-state index contributed by atoms with van der Waals surface area (Å²) >= 11 is 0. The van der Waals surface area contributed by atoms with Gasteiger partial charge in [0.15, 0.2) is 11.5 Å². The summed E-state index contributed by atoms with van der Waals surface area (Å²) in [6.45, 7) is 1.84. The Balaban J connectivity index is 1.45. The van der Waals surface area contributed by atoms with E-state index in [-0.39, 0.29) is 11.6 Å². The highest BCUT2D eigenvalue weighted by molar-refractivity contribution is 6.04. The van der Waals surface area contributed by atoms with Crippen molar-refractivity contribution >= 4 is 33.9 Å². The first kappa shape index (κ1) is 24.6. The van der Waals surface area contributed by atoms with Crippen LogP contribution in [0.5, 0.6) is 11.5 Å².